The second-order valence-electron chi connectivity index (χ2n) is 2.83. The third-order valence-electron chi connectivity index (χ3n) is 1.64. The highest BCUT2D eigenvalue weighted by molar-refractivity contribution is 5.54. The number of H-pyrrole nitrogens is 1. The molecule has 0 aliphatic carbocycles. The molecule has 14 heavy (non-hydrogen) atoms. The number of nitrogens with one attached hydrogen (secondary N) is 2. The number of aromatic amines is 1. The van der Waals surface area contributed by atoms with E-state index in [0.717, 1.165) is 0 Å². The summed E-state index contributed by atoms with van der Waals surface area (Å²) in [7, 11) is 0. The Kier molecular flexibility index (Phi) is 3.20. The average Bonchev–Trinajstić information content (AvgIpc) is 2.18. The van der Waals surface area contributed by atoms with Gasteiger partial charge >= 0.3 is 0 Å². The molecular weight excluding hydrogens is 184 g/mol. The van der Waals surface area contributed by atoms with Crippen molar-refractivity contribution >= 4 is 5.69 Å². The fourth-order valence-corrected chi connectivity index (χ4v) is 0.930. The van der Waals surface area contributed by atoms with E-state index in [1.807, 2.05) is 0 Å². The molecule has 0 aliphatic rings. The summed E-state index contributed by atoms with van der Waals surface area (Å²) < 4.78 is 0. The molecule has 0 aliphatic heterocycles. The van der Waals surface area contributed by atoms with E-state index in [1.54, 1.807) is 13.0 Å². The number of anilines is 1. The SMILES string of the molecule is C[C@@H](CO)Nc1cn[nH]c(=O)c1C#N. The maximum absolute atomic E-state index is 11.1. The predicted molar refractivity (Wildman–Crippen MR) is 49.7 cm³/mol. The van der Waals surface area contributed by atoms with Gasteiger partial charge in [0.2, 0.25) is 0 Å². The van der Waals surface area contributed by atoms with E-state index in [0.29, 0.717) is 5.69 Å². The van der Waals surface area contributed by atoms with Crippen molar-refractivity contribution in [3.05, 3.63) is 22.1 Å². The second kappa shape index (κ2) is 4.39. The van der Waals surface area contributed by atoms with Gasteiger partial charge in [-0.3, -0.25) is 4.79 Å². The number of nitrogens with zero attached hydrogens (tertiary/aromatic N) is 2. The van der Waals surface area contributed by atoms with Gasteiger partial charge < -0.3 is 10.4 Å². The van der Waals surface area contributed by atoms with E-state index in [2.05, 4.69) is 15.5 Å². The van der Waals surface area contributed by atoms with Gasteiger partial charge in [0.05, 0.1) is 18.5 Å². The Morgan fingerprint density at radius 3 is 3.14 bits per heavy atom. The van der Waals surface area contributed by atoms with E-state index in [9.17, 15) is 4.79 Å². The van der Waals surface area contributed by atoms with E-state index >= 15 is 0 Å². The van der Waals surface area contributed by atoms with Crippen molar-refractivity contribution in [2.24, 2.45) is 0 Å². The van der Waals surface area contributed by atoms with Gasteiger partial charge in [0.25, 0.3) is 5.56 Å². The second-order valence-corrected chi connectivity index (χ2v) is 2.83. The molecule has 1 atom stereocenters. The first-order valence-electron chi connectivity index (χ1n) is 4.04. The number of aliphatic hydroxyl groups is 1. The van der Waals surface area contributed by atoms with Crippen molar-refractivity contribution in [1.82, 2.24) is 10.2 Å². The molecule has 0 unspecified atom stereocenters. The standard InChI is InChI=1S/C8H10N4O2/c1-5(4-13)11-7-3-10-12-8(14)6(7)2-9/h3,5,13H,4H2,1H3,(H2,11,12,14)/t5-/m0/s1. The molecule has 1 heterocycles. The minimum Gasteiger partial charge on any atom is -0.394 e. The van der Waals surface area contributed by atoms with Gasteiger partial charge in [-0.2, -0.15) is 10.4 Å². The third-order valence-corrected chi connectivity index (χ3v) is 1.64. The highest BCUT2D eigenvalue weighted by Gasteiger charge is 2.08. The minimum absolute atomic E-state index is 0.0275. The smallest absolute Gasteiger partial charge is 0.284 e. The van der Waals surface area contributed by atoms with Crippen LogP contribution in [0.5, 0.6) is 0 Å². The molecule has 1 rings (SSSR count). The first-order chi connectivity index (χ1) is 6.69. The number of nitriles is 1. The number of hydrogen-bond donors (Lipinski definition) is 3. The Labute approximate surface area is 80.2 Å². The summed E-state index contributed by atoms with van der Waals surface area (Å²) in [4.78, 5) is 11.1. The lowest BCUT2D eigenvalue weighted by Gasteiger charge is -2.11. The molecule has 0 spiro atoms. The first kappa shape index (κ1) is 10.2. The molecular formula is C8H10N4O2. The van der Waals surface area contributed by atoms with E-state index < -0.39 is 5.56 Å². The summed E-state index contributed by atoms with van der Waals surface area (Å²) in [6.45, 7) is 1.64. The van der Waals surface area contributed by atoms with Crippen LogP contribution in [0, 0.1) is 11.3 Å². The van der Waals surface area contributed by atoms with E-state index in [4.69, 9.17) is 10.4 Å². The van der Waals surface area contributed by atoms with Crippen molar-refractivity contribution in [2.45, 2.75) is 13.0 Å². The number of aliphatic hydroxyl groups excluding tert-OH is 1. The highest BCUT2D eigenvalue weighted by Crippen LogP contribution is 2.08. The third kappa shape index (κ3) is 2.08. The molecule has 6 heteroatoms. The van der Waals surface area contributed by atoms with E-state index in [-0.39, 0.29) is 18.2 Å². The summed E-state index contributed by atoms with van der Waals surface area (Å²) in [6, 6.07) is 1.53. The maximum atomic E-state index is 11.1. The molecule has 74 valence electrons. The molecule has 0 amide bonds. The zero-order valence-electron chi connectivity index (χ0n) is 7.61. The lowest BCUT2D eigenvalue weighted by atomic mass is 10.2. The van der Waals surface area contributed by atoms with E-state index in [1.165, 1.54) is 6.20 Å². The fourth-order valence-electron chi connectivity index (χ4n) is 0.930. The monoisotopic (exact) mass is 194 g/mol. The van der Waals surface area contributed by atoms with Crippen LogP contribution in [0.25, 0.3) is 0 Å². The number of aromatic nitrogens is 2. The number of rotatable bonds is 3. The topological polar surface area (TPSA) is 102 Å². The Bertz CT molecular complexity index is 407. The summed E-state index contributed by atoms with van der Waals surface area (Å²) in [5.41, 5.74) is -0.235. The highest BCUT2D eigenvalue weighted by atomic mass is 16.3. The largest absolute Gasteiger partial charge is 0.394 e. The van der Waals surface area contributed by atoms with Gasteiger partial charge in [-0.05, 0) is 6.92 Å². The quantitative estimate of drug-likeness (QED) is 0.598. The summed E-state index contributed by atoms with van der Waals surface area (Å²) in [6.07, 6.45) is 1.34. The molecule has 6 nitrogen and oxygen atoms in total. The van der Waals surface area contributed by atoms with Crippen molar-refractivity contribution in [3.8, 4) is 6.07 Å². The predicted octanol–water partition coefficient (Wildman–Crippen LogP) is -0.566. The van der Waals surface area contributed by atoms with Gasteiger partial charge in [0, 0.05) is 6.04 Å². The maximum Gasteiger partial charge on any atom is 0.284 e. The molecule has 0 saturated carbocycles. The van der Waals surface area contributed by atoms with Crippen LogP contribution in [0.2, 0.25) is 0 Å². The molecule has 0 saturated heterocycles. The first-order valence-corrected chi connectivity index (χ1v) is 4.04. The molecule has 3 N–H and O–H groups in total. The van der Waals surface area contributed by atoms with Gasteiger partial charge in [0.15, 0.2) is 0 Å². The molecule has 0 aromatic carbocycles. The molecule has 0 fully saturated rings. The van der Waals surface area contributed by atoms with Gasteiger partial charge in [-0.15, -0.1) is 0 Å². The summed E-state index contributed by atoms with van der Waals surface area (Å²) in [5, 5.41) is 26.0. The normalized spacial score (nSPS) is 11.8. The Hall–Kier alpha value is -1.87. The minimum atomic E-state index is -0.539. The van der Waals surface area contributed by atoms with Crippen LogP contribution in [-0.4, -0.2) is 28.0 Å². The zero-order valence-corrected chi connectivity index (χ0v) is 7.61. The van der Waals surface area contributed by atoms with Crippen molar-refractivity contribution < 1.29 is 5.11 Å². The van der Waals surface area contributed by atoms with Gasteiger partial charge in [-0.25, -0.2) is 5.10 Å². The van der Waals surface area contributed by atoms with Gasteiger partial charge in [-0.1, -0.05) is 0 Å². The summed E-state index contributed by atoms with van der Waals surface area (Å²) >= 11 is 0. The Balaban J connectivity index is 3.04. The summed E-state index contributed by atoms with van der Waals surface area (Å²) in [5.74, 6) is 0. The zero-order chi connectivity index (χ0) is 10.6. The average molecular weight is 194 g/mol. The van der Waals surface area contributed by atoms with Crippen LogP contribution >= 0.6 is 0 Å². The lowest BCUT2D eigenvalue weighted by molar-refractivity contribution is 0.281. The fraction of sp³-hybridized carbons (Fsp3) is 0.375. The molecule has 0 bridgehead atoms. The van der Waals surface area contributed by atoms with Crippen LogP contribution in [0.3, 0.4) is 0 Å². The lowest BCUT2D eigenvalue weighted by Crippen LogP contribution is -2.23. The van der Waals surface area contributed by atoms with Gasteiger partial charge in [0.1, 0.15) is 11.6 Å². The van der Waals surface area contributed by atoms with Crippen molar-refractivity contribution in [2.75, 3.05) is 11.9 Å². The number of hydrogen-bond acceptors (Lipinski definition) is 5. The Morgan fingerprint density at radius 1 is 1.86 bits per heavy atom. The Morgan fingerprint density at radius 2 is 2.57 bits per heavy atom. The van der Waals surface area contributed by atoms with Crippen LogP contribution < -0.4 is 10.9 Å². The van der Waals surface area contributed by atoms with Crippen LogP contribution in [0.4, 0.5) is 5.69 Å². The molecule has 0 radical (unpaired) electrons. The molecule has 1 aromatic rings. The van der Waals surface area contributed by atoms with Crippen molar-refractivity contribution in [3.63, 3.8) is 0 Å². The van der Waals surface area contributed by atoms with Crippen LogP contribution in [0.1, 0.15) is 12.5 Å². The van der Waals surface area contributed by atoms with Crippen molar-refractivity contribution in [1.29, 1.82) is 5.26 Å². The van der Waals surface area contributed by atoms with Crippen LogP contribution in [0.15, 0.2) is 11.0 Å². The van der Waals surface area contributed by atoms with Crippen LogP contribution in [-0.2, 0) is 0 Å². The molecule has 1 aromatic heterocycles.